The molecule has 0 spiro atoms. The van der Waals surface area contributed by atoms with Gasteiger partial charge in [0.25, 0.3) is 5.91 Å². The number of hydrogen-bond donors (Lipinski definition) is 2. The number of nitrogens with zero attached hydrogens (tertiary/aromatic N) is 1. The van der Waals surface area contributed by atoms with Crippen molar-refractivity contribution in [2.75, 3.05) is 31.6 Å². The molecule has 0 bridgehead atoms. The molecule has 1 unspecified atom stereocenters. The zero-order valence-corrected chi connectivity index (χ0v) is 18.8. The molecular formula is C24H30ClN3O3. The zero-order valence-electron chi connectivity index (χ0n) is 18.1. The summed E-state index contributed by atoms with van der Waals surface area (Å²) in [6.45, 7) is 8.18. The van der Waals surface area contributed by atoms with E-state index in [1.807, 2.05) is 32.0 Å². The van der Waals surface area contributed by atoms with Crippen molar-refractivity contribution in [2.24, 2.45) is 5.92 Å². The zero-order chi connectivity index (χ0) is 22.2. The second-order valence-electron chi connectivity index (χ2n) is 8.24. The number of amides is 2. The van der Waals surface area contributed by atoms with Crippen LogP contribution in [0.5, 0.6) is 0 Å². The lowest BCUT2D eigenvalue weighted by Gasteiger charge is -2.26. The Morgan fingerprint density at radius 3 is 2.48 bits per heavy atom. The molecule has 1 heterocycles. The van der Waals surface area contributed by atoms with Crippen LogP contribution in [0.15, 0.2) is 48.5 Å². The summed E-state index contributed by atoms with van der Waals surface area (Å²) in [5, 5.41) is 6.40. The molecule has 2 aromatic carbocycles. The lowest BCUT2D eigenvalue weighted by Crippen LogP contribution is -2.44. The predicted octanol–water partition coefficient (Wildman–Crippen LogP) is 3.96. The van der Waals surface area contributed by atoms with Crippen LogP contribution in [0, 0.1) is 5.92 Å². The smallest absolute Gasteiger partial charge is 0.251 e. The molecule has 3 rings (SSSR count). The number of nitrogens with one attached hydrogen (secondary N) is 2. The van der Waals surface area contributed by atoms with Crippen molar-refractivity contribution in [1.82, 2.24) is 10.2 Å². The molecule has 6 nitrogen and oxygen atoms in total. The number of carbonyl (C=O) groups is 2. The number of carbonyl (C=O) groups excluding carboxylic acids is 2. The highest BCUT2D eigenvalue weighted by Crippen LogP contribution is 2.16. The van der Waals surface area contributed by atoms with Gasteiger partial charge in [-0.3, -0.25) is 14.5 Å². The summed E-state index contributed by atoms with van der Waals surface area (Å²) in [5.74, 6) is -0.271. The summed E-state index contributed by atoms with van der Waals surface area (Å²) in [4.78, 5) is 28.0. The maximum absolute atomic E-state index is 13.0. The highest BCUT2D eigenvalue weighted by molar-refractivity contribution is 6.30. The maximum Gasteiger partial charge on any atom is 0.251 e. The molecule has 1 saturated heterocycles. The van der Waals surface area contributed by atoms with Crippen LogP contribution in [0.3, 0.4) is 0 Å². The molecule has 1 aliphatic heterocycles. The van der Waals surface area contributed by atoms with Gasteiger partial charge in [0, 0.05) is 35.9 Å². The van der Waals surface area contributed by atoms with Crippen molar-refractivity contribution in [3.8, 4) is 0 Å². The van der Waals surface area contributed by atoms with E-state index in [2.05, 4.69) is 21.6 Å². The van der Waals surface area contributed by atoms with Crippen LogP contribution in [-0.2, 0) is 16.1 Å². The first kappa shape index (κ1) is 23.3. The molecule has 7 heteroatoms. The molecule has 1 aliphatic rings. The summed E-state index contributed by atoms with van der Waals surface area (Å²) in [5.41, 5.74) is 2.33. The lowest BCUT2D eigenvalue weighted by atomic mass is 10.0. The van der Waals surface area contributed by atoms with Crippen molar-refractivity contribution in [3.05, 3.63) is 64.7 Å². The quantitative estimate of drug-likeness (QED) is 0.648. The number of ether oxygens (including phenoxy) is 1. The van der Waals surface area contributed by atoms with Crippen LogP contribution in [0.4, 0.5) is 5.69 Å². The van der Waals surface area contributed by atoms with E-state index in [-0.39, 0.29) is 17.7 Å². The van der Waals surface area contributed by atoms with E-state index in [1.165, 1.54) is 0 Å². The number of morpholine rings is 1. The van der Waals surface area contributed by atoms with Gasteiger partial charge in [-0.2, -0.15) is 0 Å². The normalized spacial score (nSPS) is 15.5. The monoisotopic (exact) mass is 443 g/mol. The molecule has 2 amide bonds. The Balaban J connectivity index is 1.65. The SMILES string of the molecule is CC(C)CC(NC(=O)c1ccc(Cl)cc1)C(=O)Nc1cccc(CN2CCOCC2)c1. The first-order valence-electron chi connectivity index (χ1n) is 10.7. The minimum atomic E-state index is -0.633. The first-order chi connectivity index (χ1) is 14.9. The van der Waals surface area contributed by atoms with Gasteiger partial charge >= 0.3 is 0 Å². The molecule has 166 valence electrons. The number of rotatable bonds is 8. The van der Waals surface area contributed by atoms with Crippen molar-refractivity contribution < 1.29 is 14.3 Å². The molecular weight excluding hydrogens is 414 g/mol. The third-order valence-electron chi connectivity index (χ3n) is 5.14. The highest BCUT2D eigenvalue weighted by Gasteiger charge is 2.23. The fourth-order valence-electron chi connectivity index (χ4n) is 3.54. The fourth-order valence-corrected chi connectivity index (χ4v) is 3.67. The van der Waals surface area contributed by atoms with Crippen molar-refractivity contribution in [3.63, 3.8) is 0 Å². The van der Waals surface area contributed by atoms with Crippen LogP contribution < -0.4 is 10.6 Å². The van der Waals surface area contributed by atoms with Crippen molar-refractivity contribution >= 4 is 29.1 Å². The molecule has 1 fully saturated rings. The van der Waals surface area contributed by atoms with Gasteiger partial charge in [0.2, 0.25) is 5.91 Å². The van der Waals surface area contributed by atoms with E-state index < -0.39 is 6.04 Å². The van der Waals surface area contributed by atoms with Gasteiger partial charge in [0.15, 0.2) is 0 Å². The number of halogens is 1. The summed E-state index contributed by atoms with van der Waals surface area (Å²) in [7, 11) is 0. The van der Waals surface area contributed by atoms with Crippen LogP contribution >= 0.6 is 11.6 Å². The Morgan fingerprint density at radius 2 is 1.81 bits per heavy atom. The average Bonchev–Trinajstić information content (AvgIpc) is 2.74. The Hall–Kier alpha value is -2.41. The third kappa shape index (κ3) is 7.35. The Bertz CT molecular complexity index is 880. The van der Waals surface area contributed by atoms with Gasteiger partial charge in [-0.25, -0.2) is 0 Å². The van der Waals surface area contributed by atoms with Crippen LogP contribution in [-0.4, -0.2) is 49.1 Å². The maximum atomic E-state index is 13.0. The number of benzene rings is 2. The van der Waals surface area contributed by atoms with Crippen molar-refractivity contribution in [2.45, 2.75) is 32.9 Å². The third-order valence-corrected chi connectivity index (χ3v) is 5.39. The standard InChI is InChI=1S/C24H30ClN3O3/c1-17(2)14-22(27-23(29)19-6-8-20(25)9-7-19)24(30)26-21-5-3-4-18(15-21)16-28-10-12-31-13-11-28/h3-9,15,17,22H,10-14,16H2,1-2H3,(H,26,30)(H,27,29). The van der Waals surface area contributed by atoms with Gasteiger partial charge in [-0.15, -0.1) is 0 Å². The van der Waals surface area contributed by atoms with Gasteiger partial charge in [0.1, 0.15) is 6.04 Å². The summed E-state index contributed by atoms with van der Waals surface area (Å²) in [6, 6.07) is 13.8. The molecule has 0 saturated carbocycles. The van der Waals surface area contributed by atoms with E-state index in [9.17, 15) is 9.59 Å². The number of anilines is 1. The predicted molar refractivity (Wildman–Crippen MR) is 123 cm³/mol. The van der Waals surface area contributed by atoms with Gasteiger partial charge in [-0.05, 0) is 54.3 Å². The van der Waals surface area contributed by atoms with Crippen LogP contribution in [0.1, 0.15) is 36.2 Å². The average molecular weight is 444 g/mol. The fraction of sp³-hybridized carbons (Fsp3) is 0.417. The van der Waals surface area contributed by atoms with Gasteiger partial charge < -0.3 is 15.4 Å². The molecule has 2 aromatic rings. The molecule has 0 radical (unpaired) electrons. The highest BCUT2D eigenvalue weighted by atomic mass is 35.5. The van der Waals surface area contributed by atoms with E-state index in [4.69, 9.17) is 16.3 Å². The summed E-state index contributed by atoms with van der Waals surface area (Å²) >= 11 is 5.90. The van der Waals surface area contributed by atoms with E-state index >= 15 is 0 Å². The van der Waals surface area contributed by atoms with E-state index in [1.54, 1.807) is 24.3 Å². The molecule has 31 heavy (non-hydrogen) atoms. The topological polar surface area (TPSA) is 70.7 Å². The Morgan fingerprint density at radius 1 is 1.10 bits per heavy atom. The summed E-state index contributed by atoms with van der Waals surface area (Å²) in [6.07, 6.45) is 0.540. The Kier molecular flexibility index (Phi) is 8.46. The second kappa shape index (κ2) is 11.3. The molecule has 2 N–H and O–H groups in total. The summed E-state index contributed by atoms with van der Waals surface area (Å²) < 4.78 is 5.40. The molecule has 0 aliphatic carbocycles. The largest absolute Gasteiger partial charge is 0.379 e. The van der Waals surface area contributed by atoms with Crippen LogP contribution in [0.2, 0.25) is 5.02 Å². The molecule has 0 aromatic heterocycles. The Labute approximate surface area is 188 Å². The lowest BCUT2D eigenvalue weighted by molar-refractivity contribution is -0.118. The van der Waals surface area contributed by atoms with Crippen molar-refractivity contribution in [1.29, 1.82) is 0 Å². The van der Waals surface area contributed by atoms with E-state index in [0.717, 1.165) is 44.1 Å². The molecule has 1 atom stereocenters. The van der Waals surface area contributed by atoms with Gasteiger partial charge in [0.05, 0.1) is 13.2 Å². The number of hydrogen-bond acceptors (Lipinski definition) is 4. The van der Waals surface area contributed by atoms with Crippen LogP contribution in [0.25, 0.3) is 0 Å². The van der Waals surface area contributed by atoms with Gasteiger partial charge in [-0.1, -0.05) is 37.6 Å². The first-order valence-corrected chi connectivity index (χ1v) is 11.0. The minimum absolute atomic E-state index is 0.223. The van der Waals surface area contributed by atoms with E-state index in [0.29, 0.717) is 17.0 Å². The minimum Gasteiger partial charge on any atom is -0.379 e. The second-order valence-corrected chi connectivity index (χ2v) is 8.68.